The van der Waals surface area contributed by atoms with Crippen LogP contribution < -0.4 is 19.7 Å². The van der Waals surface area contributed by atoms with Crippen molar-refractivity contribution in [3.05, 3.63) is 47.0 Å². The first kappa shape index (κ1) is 19.3. The van der Waals surface area contributed by atoms with Gasteiger partial charge in [0.1, 0.15) is 0 Å². The van der Waals surface area contributed by atoms with Crippen LogP contribution in [0.2, 0.25) is 0 Å². The van der Waals surface area contributed by atoms with Crippen LogP contribution >= 0.6 is 0 Å². The van der Waals surface area contributed by atoms with Crippen LogP contribution in [0.15, 0.2) is 30.3 Å². The van der Waals surface area contributed by atoms with E-state index in [9.17, 15) is 9.59 Å². The molecule has 152 valence electrons. The molecule has 0 saturated carbocycles. The summed E-state index contributed by atoms with van der Waals surface area (Å²) in [6.07, 6.45) is 3.12. The number of ether oxygens (including phenoxy) is 2. The third-order valence-electron chi connectivity index (χ3n) is 5.34. The Morgan fingerprint density at radius 3 is 2.48 bits per heavy atom. The quantitative estimate of drug-likeness (QED) is 0.805. The number of carbonyl (C=O) groups is 2. The minimum atomic E-state index is -0.194. The van der Waals surface area contributed by atoms with Crippen molar-refractivity contribution in [3.63, 3.8) is 0 Å². The number of benzene rings is 2. The van der Waals surface area contributed by atoms with Gasteiger partial charge in [0.25, 0.3) is 5.91 Å². The summed E-state index contributed by atoms with van der Waals surface area (Å²) in [7, 11) is 0. The molecule has 0 radical (unpaired) electrons. The van der Waals surface area contributed by atoms with Gasteiger partial charge >= 0.3 is 0 Å². The molecule has 0 unspecified atom stereocenters. The molecule has 2 aromatic rings. The number of carbonyl (C=O) groups excluding carboxylic acids is 2. The Morgan fingerprint density at radius 2 is 1.72 bits per heavy atom. The van der Waals surface area contributed by atoms with Gasteiger partial charge < -0.3 is 19.7 Å². The molecule has 1 N–H and O–H groups in total. The average molecular weight is 394 g/mol. The van der Waals surface area contributed by atoms with Crippen molar-refractivity contribution in [2.75, 3.05) is 30.0 Å². The molecule has 0 bridgehead atoms. The van der Waals surface area contributed by atoms with Gasteiger partial charge in [-0.15, -0.1) is 0 Å². The summed E-state index contributed by atoms with van der Waals surface area (Å²) >= 11 is 0. The lowest BCUT2D eigenvalue weighted by atomic mass is 9.91. The molecule has 2 amide bonds. The van der Waals surface area contributed by atoms with Crippen molar-refractivity contribution in [1.82, 2.24) is 0 Å². The maximum absolute atomic E-state index is 12.9. The predicted molar refractivity (Wildman–Crippen MR) is 112 cm³/mol. The molecule has 0 aliphatic carbocycles. The highest BCUT2D eigenvalue weighted by atomic mass is 16.5. The highest BCUT2D eigenvalue weighted by molar-refractivity contribution is 6.05. The van der Waals surface area contributed by atoms with Gasteiger partial charge in [-0.1, -0.05) is 0 Å². The van der Waals surface area contributed by atoms with Crippen LogP contribution in [-0.4, -0.2) is 31.6 Å². The molecule has 2 aliphatic heterocycles. The Balaban J connectivity index is 1.59. The predicted octanol–water partition coefficient (Wildman–Crippen LogP) is 3.96. The molecule has 2 aromatic carbocycles. The number of aryl methyl sites for hydroxylation is 2. The SMILES string of the molecule is CCOc1ccc(C(=O)Nc2cc3c4c(c2)CCC(=O)N4CCC3)cc1OCC. The van der Waals surface area contributed by atoms with E-state index in [-0.39, 0.29) is 11.8 Å². The molecule has 0 fully saturated rings. The largest absolute Gasteiger partial charge is 0.490 e. The minimum Gasteiger partial charge on any atom is -0.490 e. The number of anilines is 2. The average Bonchev–Trinajstić information content (AvgIpc) is 2.72. The molecule has 0 atom stereocenters. The summed E-state index contributed by atoms with van der Waals surface area (Å²) < 4.78 is 11.2. The third kappa shape index (κ3) is 3.79. The number of nitrogens with one attached hydrogen (secondary N) is 1. The van der Waals surface area contributed by atoms with Crippen molar-refractivity contribution in [3.8, 4) is 11.5 Å². The fourth-order valence-corrected chi connectivity index (χ4v) is 4.12. The lowest BCUT2D eigenvalue weighted by Crippen LogP contribution is -2.39. The van der Waals surface area contributed by atoms with E-state index in [1.807, 2.05) is 30.9 Å². The number of nitrogens with zero attached hydrogens (tertiary/aromatic N) is 1. The molecule has 0 aromatic heterocycles. The third-order valence-corrected chi connectivity index (χ3v) is 5.34. The van der Waals surface area contributed by atoms with E-state index in [2.05, 4.69) is 5.32 Å². The topological polar surface area (TPSA) is 67.9 Å². The minimum absolute atomic E-state index is 0.194. The van der Waals surface area contributed by atoms with Crippen molar-refractivity contribution in [2.24, 2.45) is 0 Å². The number of amides is 2. The van der Waals surface area contributed by atoms with Gasteiger partial charge in [0.15, 0.2) is 11.5 Å². The van der Waals surface area contributed by atoms with Crippen LogP contribution in [0.3, 0.4) is 0 Å². The van der Waals surface area contributed by atoms with E-state index < -0.39 is 0 Å². The Kier molecular flexibility index (Phi) is 5.43. The van der Waals surface area contributed by atoms with Crippen LogP contribution in [0.4, 0.5) is 11.4 Å². The molecular formula is C23H26N2O4. The van der Waals surface area contributed by atoms with Gasteiger partial charge in [-0.2, -0.15) is 0 Å². The Hall–Kier alpha value is -3.02. The molecular weight excluding hydrogens is 368 g/mol. The molecule has 2 heterocycles. The molecule has 29 heavy (non-hydrogen) atoms. The van der Waals surface area contributed by atoms with Crippen molar-refractivity contribution >= 4 is 23.2 Å². The zero-order valence-corrected chi connectivity index (χ0v) is 16.9. The summed E-state index contributed by atoms with van der Waals surface area (Å²) in [5.74, 6) is 1.21. The monoisotopic (exact) mass is 394 g/mol. The molecule has 6 heteroatoms. The Labute approximate surface area is 170 Å². The van der Waals surface area contributed by atoms with Gasteiger partial charge in [0.2, 0.25) is 5.91 Å². The fourth-order valence-electron chi connectivity index (χ4n) is 4.12. The van der Waals surface area contributed by atoms with Gasteiger partial charge in [-0.25, -0.2) is 0 Å². The lowest BCUT2D eigenvalue weighted by Gasteiger charge is -2.35. The first-order valence-corrected chi connectivity index (χ1v) is 10.3. The Morgan fingerprint density at radius 1 is 1.00 bits per heavy atom. The maximum Gasteiger partial charge on any atom is 0.255 e. The molecule has 6 nitrogen and oxygen atoms in total. The van der Waals surface area contributed by atoms with Crippen molar-refractivity contribution in [2.45, 2.75) is 39.5 Å². The first-order chi connectivity index (χ1) is 14.1. The summed E-state index contributed by atoms with van der Waals surface area (Å²) in [6.45, 7) is 5.62. The second-order valence-electron chi connectivity index (χ2n) is 7.27. The fraction of sp³-hybridized carbons (Fsp3) is 0.391. The molecule has 0 saturated heterocycles. The molecule has 0 spiro atoms. The number of hydrogen-bond donors (Lipinski definition) is 1. The van der Waals surface area contributed by atoms with Crippen molar-refractivity contribution in [1.29, 1.82) is 0 Å². The van der Waals surface area contributed by atoms with Crippen LogP contribution in [0.25, 0.3) is 0 Å². The molecule has 2 aliphatic rings. The second kappa shape index (κ2) is 8.15. The first-order valence-electron chi connectivity index (χ1n) is 10.3. The second-order valence-corrected chi connectivity index (χ2v) is 7.27. The highest BCUT2D eigenvalue weighted by Crippen LogP contribution is 2.38. The summed E-state index contributed by atoms with van der Waals surface area (Å²) in [5, 5.41) is 3.02. The van der Waals surface area contributed by atoms with Crippen LogP contribution in [0.5, 0.6) is 11.5 Å². The summed E-state index contributed by atoms with van der Waals surface area (Å²) in [6, 6.07) is 9.22. The Bertz CT molecular complexity index is 937. The van der Waals surface area contributed by atoms with Gasteiger partial charge in [-0.05, 0) is 74.6 Å². The van der Waals surface area contributed by atoms with E-state index in [0.717, 1.165) is 48.3 Å². The maximum atomic E-state index is 12.9. The van der Waals surface area contributed by atoms with Crippen LogP contribution in [-0.2, 0) is 17.6 Å². The zero-order chi connectivity index (χ0) is 20.4. The summed E-state index contributed by atoms with van der Waals surface area (Å²) in [5.41, 5.74) is 4.62. The molecule has 4 rings (SSSR count). The lowest BCUT2D eigenvalue weighted by molar-refractivity contribution is -0.119. The van der Waals surface area contributed by atoms with Gasteiger partial charge in [0, 0.05) is 24.2 Å². The van der Waals surface area contributed by atoms with E-state index in [4.69, 9.17) is 9.47 Å². The summed E-state index contributed by atoms with van der Waals surface area (Å²) in [4.78, 5) is 27.0. The normalized spacial score (nSPS) is 15.0. The van der Waals surface area contributed by atoms with E-state index in [1.165, 1.54) is 0 Å². The van der Waals surface area contributed by atoms with Gasteiger partial charge in [-0.3, -0.25) is 9.59 Å². The van der Waals surface area contributed by atoms with E-state index in [0.29, 0.717) is 36.7 Å². The van der Waals surface area contributed by atoms with Crippen LogP contribution in [0.1, 0.15) is 48.2 Å². The number of rotatable bonds is 6. The number of hydrogen-bond acceptors (Lipinski definition) is 4. The zero-order valence-electron chi connectivity index (χ0n) is 16.9. The van der Waals surface area contributed by atoms with Crippen molar-refractivity contribution < 1.29 is 19.1 Å². The van der Waals surface area contributed by atoms with E-state index >= 15 is 0 Å². The van der Waals surface area contributed by atoms with Gasteiger partial charge in [0.05, 0.1) is 18.9 Å². The van der Waals surface area contributed by atoms with Crippen LogP contribution in [0, 0.1) is 0 Å². The highest BCUT2D eigenvalue weighted by Gasteiger charge is 2.29. The smallest absolute Gasteiger partial charge is 0.255 e. The van der Waals surface area contributed by atoms with E-state index in [1.54, 1.807) is 18.2 Å². The standard InChI is InChI=1S/C23H26N2O4/c1-3-28-19-9-7-17(14-20(19)29-4-2)23(27)24-18-12-15-6-5-11-25-21(26)10-8-16(13-18)22(15)25/h7,9,12-14H,3-6,8,10-11H2,1-2H3,(H,24,27).